The van der Waals surface area contributed by atoms with E-state index in [2.05, 4.69) is 5.32 Å². The monoisotopic (exact) mass is 270 g/mol. The van der Waals surface area contributed by atoms with Crippen LogP contribution in [0.4, 0.5) is 0 Å². The molecule has 2 fully saturated rings. The number of nitrogens with one attached hydrogen (secondary N) is 1. The first kappa shape index (κ1) is 14.2. The van der Waals surface area contributed by atoms with Crippen LogP contribution in [0.15, 0.2) is 0 Å². The van der Waals surface area contributed by atoms with Gasteiger partial charge in [-0.2, -0.15) is 4.31 Å². The van der Waals surface area contributed by atoms with Gasteiger partial charge in [0.15, 0.2) is 0 Å². The molecule has 1 N–H and O–H groups in total. The molecule has 7 heteroatoms. The Labute approximate surface area is 103 Å². The highest BCUT2D eigenvalue weighted by atomic mass is 35.5. The number of hydrogen-bond donors (Lipinski definition) is 1. The Morgan fingerprint density at radius 3 is 2.25 bits per heavy atom. The van der Waals surface area contributed by atoms with Crippen LogP contribution in [0.25, 0.3) is 0 Å². The predicted octanol–water partition coefficient (Wildman–Crippen LogP) is -0.178. The van der Waals surface area contributed by atoms with Gasteiger partial charge in [-0.05, 0) is 25.9 Å². The molecular weight excluding hydrogens is 252 g/mol. The molecule has 0 radical (unpaired) electrons. The Morgan fingerprint density at radius 1 is 1.12 bits per heavy atom. The summed E-state index contributed by atoms with van der Waals surface area (Å²) in [5, 5.41) is 3.00. The van der Waals surface area contributed by atoms with Crippen molar-refractivity contribution in [3.05, 3.63) is 0 Å². The van der Waals surface area contributed by atoms with E-state index >= 15 is 0 Å². The number of nitrogens with zero attached hydrogens (tertiary/aromatic N) is 1. The highest BCUT2D eigenvalue weighted by Gasteiger charge is 2.33. The Morgan fingerprint density at radius 2 is 1.69 bits per heavy atom. The minimum absolute atomic E-state index is 0. The summed E-state index contributed by atoms with van der Waals surface area (Å²) in [4.78, 5) is 0. The van der Waals surface area contributed by atoms with Gasteiger partial charge in [-0.25, -0.2) is 8.42 Å². The number of halogens is 1. The van der Waals surface area contributed by atoms with Crippen molar-refractivity contribution in [1.29, 1.82) is 0 Å². The summed E-state index contributed by atoms with van der Waals surface area (Å²) in [5.74, 6) is 0. The minimum Gasteiger partial charge on any atom is -0.379 e. The fraction of sp³-hybridized carbons (Fsp3) is 1.00. The maximum atomic E-state index is 12.2. The molecule has 0 unspecified atom stereocenters. The molecule has 0 saturated carbocycles. The summed E-state index contributed by atoms with van der Waals surface area (Å²) in [6, 6.07) is 0. The maximum Gasteiger partial charge on any atom is 0.217 e. The zero-order chi connectivity index (χ0) is 10.7. The maximum absolute atomic E-state index is 12.2. The first-order valence-corrected chi connectivity index (χ1v) is 6.99. The second-order valence-corrected chi connectivity index (χ2v) is 6.22. The van der Waals surface area contributed by atoms with Crippen LogP contribution >= 0.6 is 12.4 Å². The van der Waals surface area contributed by atoms with Crippen molar-refractivity contribution >= 4 is 22.4 Å². The molecular formula is C9H19ClN2O3S. The van der Waals surface area contributed by atoms with Crippen molar-refractivity contribution in [3.63, 3.8) is 0 Å². The molecule has 2 aliphatic rings. The topological polar surface area (TPSA) is 58.6 Å². The summed E-state index contributed by atoms with van der Waals surface area (Å²) >= 11 is 0. The van der Waals surface area contributed by atoms with Gasteiger partial charge in [0.25, 0.3) is 0 Å². The van der Waals surface area contributed by atoms with E-state index in [1.807, 2.05) is 0 Å². The number of hydrogen-bond acceptors (Lipinski definition) is 4. The lowest BCUT2D eigenvalue weighted by molar-refractivity contribution is 0.0724. The van der Waals surface area contributed by atoms with E-state index < -0.39 is 10.0 Å². The summed E-state index contributed by atoms with van der Waals surface area (Å²) in [5.41, 5.74) is 0. The first-order valence-electron chi connectivity index (χ1n) is 5.49. The van der Waals surface area contributed by atoms with Crippen LogP contribution in [-0.4, -0.2) is 57.4 Å². The van der Waals surface area contributed by atoms with Crippen LogP contribution in [0.3, 0.4) is 0 Å². The third-order valence-electron chi connectivity index (χ3n) is 3.04. The van der Waals surface area contributed by atoms with E-state index in [1.165, 1.54) is 0 Å². The largest absolute Gasteiger partial charge is 0.379 e. The molecule has 0 aromatic rings. The van der Waals surface area contributed by atoms with Gasteiger partial charge in [0, 0.05) is 13.1 Å². The minimum atomic E-state index is -3.07. The lowest BCUT2D eigenvalue weighted by Crippen LogP contribution is -2.48. The molecule has 0 spiro atoms. The standard InChI is InChI=1S/C9H18N2O3S.ClH/c12-15(13,9-1-3-10-4-2-9)11-5-7-14-8-6-11;/h9-10H,1-8H2;1H. The average molecular weight is 271 g/mol. The average Bonchev–Trinajstić information content (AvgIpc) is 2.31. The van der Waals surface area contributed by atoms with Gasteiger partial charge in [0.2, 0.25) is 10.0 Å². The second-order valence-electron chi connectivity index (χ2n) is 4.01. The van der Waals surface area contributed by atoms with Gasteiger partial charge in [-0.15, -0.1) is 12.4 Å². The Kier molecular flexibility index (Phi) is 5.46. The molecule has 0 aliphatic carbocycles. The first-order chi connectivity index (χ1) is 7.21. The molecule has 2 heterocycles. The number of rotatable bonds is 2. The third-order valence-corrected chi connectivity index (χ3v) is 5.44. The highest BCUT2D eigenvalue weighted by molar-refractivity contribution is 7.89. The van der Waals surface area contributed by atoms with Crippen LogP contribution < -0.4 is 5.32 Å². The number of sulfonamides is 1. The Bertz CT molecular complexity index is 274. The molecule has 0 atom stereocenters. The molecule has 96 valence electrons. The van der Waals surface area contributed by atoms with E-state index in [0.717, 1.165) is 25.9 Å². The zero-order valence-corrected chi connectivity index (χ0v) is 10.9. The smallest absolute Gasteiger partial charge is 0.217 e. The molecule has 0 aromatic heterocycles. The molecule has 16 heavy (non-hydrogen) atoms. The van der Waals surface area contributed by atoms with Crippen LogP contribution in [0.5, 0.6) is 0 Å². The molecule has 2 saturated heterocycles. The number of piperidine rings is 1. The molecule has 2 aliphatic heterocycles. The van der Waals surface area contributed by atoms with Crippen LogP contribution in [0.1, 0.15) is 12.8 Å². The zero-order valence-electron chi connectivity index (χ0n) is 9.22. The van der Waals surface area contributed by atoms with Gasteiger partial charge in [0.1, 0.15) is 0 Å². The van der Waals surface area contributed by atoms with Crippen LogP contribution in [0.2, 0.25) is 0 Å². The van der Waals surface area contributed by atoms with Gasteiger partial charge < -0.3 is 10.1 Å². The second kappa shape index (κ2) is 6.16. The van der Waals surface area contributed by atoms with Crippen molar-refractivity contribution < 1.29 is 13.2 Å². The van der Waals surface area contributed by atoms with Gasteiger partial charge >= 0.3 is 0 Å². The molecule has 0 aromatic carbocycles. The Balaban J connectivity index is 0.00000128. The predicted molar refractivity (Wildman–Crippen MR) is 64.5 cm³/mol. The summed E-state index contributed by atoms with van der Waals surface area (Å²) in [6.45, 7) is 3.73. The van der Waals surface area contributed by atoms with Crippen molar-refractivity contribution in [2.24, 2.45) is 0 Å². The fourth-order valence-corrected chi connectivity index (χ4v) is 4.02. The molecule has 2 rings (SSSR count). The van der Waals surface area contributed by atoms with Crippen LogP contribution in [0, 0.1) is 0 Å². The summed E-state index contributed by atoms with van der Waals surface area (Å²) < 4.78 is 31.1. The van der Waals surface area contributed by atoms with Crippen LogP contribution in [-0.2, 0) is 14.8 Å². The normalized spacial score (nSPS) is 25.0. The quantitative estimate of drug-likeness (QED) is 0.757. The lowest BCUT2D eigenvalue weighted by Gasteiger charge is -2.32. The van der Waals surface area contributed by atoms with Crippen molar-refractivity contribution in [1.82, 2.24) is 9.62 Å². The van der Waals surface area contributed by atoms with Crippen molar-refractivity contribution in [2.75, 3.05) is 39.4 Å². The van der Waals surface area contributed by atoms with Crippen molar-refractivity contribution in [2.45, 2.75) is 18.1 Å². The highest BCUT2D eigenvalue weighted by Crippen LogP contribution is 2.18. The van der Waals surface area contributed by atoms with E-state index in [-0.39, 0.29) is 17.7 Å². The van der Waals surface area contributed by atoms with Gasteiger partial charge in [-0.3, -0.25) is 0 Å². The van der Waals surface area contributed by atoms with E-state index in [1.54, 1.807) is 4.31 Å². The van der Waals surface area contributed by atoms with E-state index in [0.29, 0.717) is 26.3 Å². The lowest BCUT2D eigenvalue weighted by atomic mass is 10.2. The number of morpholine rings is 1. The molecule has 0 amide bonds. The van der Waals surface area contributed by atoms with Crippen molar-refractivity contribution in [3.8, 4) is 0 Å². The Hall–Kier alpha value is 0.120. The summed E-state index contributed by atoms with van der Waals surface area (Å²) in [6.07, 6.45) is 1.47. The number of ether oxygens (including phenoxy) is 1. The molecule has 5 nitrogen and oxygen atoms in total. The molecule has 0 bridgehead atoms. The third kappa shape index (κ3) is 3.07. The fourth-order valence-electron chi connectivity index (χ4n) is 2.11. The van der Waals surface area contributed by atoms with E-state index in [9.17, 15) is 8.42 Å². The van der Waals surface area contributed by atoms with Gasteiger partial charge in [0.05, 0.1) is 18.5 Å². The van der Waals surface area contributed by atoms with Gasteiger partial charge in [-0.1, -0.05) is 0 Å². The van der Waals surface area contributed by atoms with E-state index in [4.69, 9.17) is 4.74 Å². The SMILES string of the molecule is Cl.O=S(=O)(C1CCNCC1)N1CCOCC1. The summed E-state index contributed by atoms with van der Waals surface area (Å²) in [7, 11) is -3.07.